The van der Waals surface area contributed by atoms with E-state index in [-0.39, 0.29) is 0 Å². The molecule has 0 aliphatic heterocycles. The molecule has 0 aliphatic carbocycles. The Kier molecular flexibility index (Phi) is 9.99. The predicted octanol–water partition coefficient (Wildman–Crippen LogP) is 11.2. The molecule has 0 radical (unpaired) electrons. The molecule has 0 fully saturated rings. The summed E-state index contributed by atoms with van der Waals surface area (Å²) in [5, 5.41) is 0. The lowest BCUT2D eigenvalue weighted by molar-refractivity contribution is 0.240. The molecule has 0 spiro atoms. The summed E-state index contributed by atoms with van der Waals surface area (Å²) < 4.78 is 60.7. The van der Waals surface area contributed by atoms with Crippen LogP contribution in [-0.2, 0) is 13.4 Å². The number of hydrogen-bond donors (Lipinski definition) is 0. The number of aryl methyl sites for hydroxylation is 12. The molecule has 240 valence electrons. The third-order valence-electron chi connectivity index (χ3n) is 7.43. The molecule has 45 heavy (non-hydrogen) atoms. The fourth-order valence-corrected chi connectivity index (χ4v) is 9.55. The quantitative estimate of drug-likeness (QED) is 0.158. The topological polar surface area (TPSA) is 80.3 Å². The molecule has 0 saturated carbocycles. The zero-order chi connectivity index (χ0) is 33.4. The second kappa shape index (κ2) is 13.1. The van der Waals surface area contributed by atoms with E-state index < -0.39 is 15.6 Å². The molecule has 4 aromatic rings. The van der Waals surface area contributed by atoms with Crippen molar-refractivity contribution in [3.05, 3.63) is 115 Å². The van der Waals surface area contributed by atoms with Gasteiger partial charge in [-0.2, -0.15) is 0 Å². The van der Waals surface area contributed by atoms with Gasteiger partial charge in [0.2, 0.25) is 0 Å². The molecule has 0 heterocycles. The molecule has 0 unspecified atom stereocenters. The first kappa shape index (κ1) is 34.4. The maximum Gasteiger partial charge on any atom is 0.598 e. The van der Waals surface area contributed by atoms with Crippen molar-refractivity contribution in [2.75, 3.05) is 0 Å². The van der Waals surface area contributed by atoms with E-state index in [0.717, 1.165) is 22.3 Å². The van der Waals surface area contributed by atoms with Crippen molar-refractivity contribution in [3.8, 4) is 23.0 Å². The molecule has 0 bridgehead atoms. The van der Waals surface area contributed by atoms with Crippen LogP contribution in [0.4, 0.5) is 0 Å². The number of benzene rings is 4. The van der Waals surface area contributed by atoms with Gasteiger partial charge in [-0.25, -0.2) is 9.13 Å². The van der Waals surface area contributed by atoms with E-state index in [2.05, 4.69) is 0 Å². The Labute approximate surface area is 268 Å². The van der Waals surface area contributed by atoms with Crippen molar-refractivity contribution >= 4 is 15.6 Å². The zero-order valence-electron chi connectivity index (χ0n) is 28.4. The van der Waals surface area contributed by atoms with Crippen LogP contribution in [0.2, 0.25) is 0 Å². The van der Waals surface area contributed by atoms with Crippen LogP contribution in [0.15, 0.2) is 48.5 Å². The minimum Gasteiger partial charge on any atom is -0.394 e. The highest BCUT2D eigenvalue weighted by molar-refractivity contribution is 7.63. The molecule has 9 heteroatoms. The molecule has 0 saturated heterocycles. The SMILES string of the molecule is Cc1cc(C)c(OP(=O)(Oc2c(C)cc(C)cc2C)OP(=O)(Oc2c(C)cc(C)cc2C)Oc2c(C)cc(C)cc2C)c(C)c1. The lowest BCUT2D eigenvalue weighted by Gasteiger charge is -2.27. The fraction of sp³-hybridized carbons (Fsp3) is 0.333. The van der Waals surface area contributed by atoms with Gasteiger partial charge < -0.3 is 18.1 Å². The first-order chi connectivity index (χ1) is 20.9. The standard InChI is InChI=1S/C36H44O7P2/c1-21-13-25(5)33(26(6)14-21)39-44(37,40-34-27(7)15-22(2)16-28(34)8)43-45(38,41-35-29(9)17-23(3)18-30(35)10)42-36-31(11)19-24(4)20-32(36)12/h13-20H,1-12H3. The van der Waals surface area contributed by atoms with Gasteiger partial charge in [-0.3, -0.25) is 0 Å². The summed E-state index contributed by atoms with van der Waals surface area (Å²) in [6.45, 7) is 22.6. The van der Waals surface area contributed by atoms with Crippen LogP contribution in [-0.4, -0.2) is 0 Å². The monoisotopic (exact) mass is 650 g/mol. The van der Waals surface area contributed by atoms with Gasteiger partial charge >= 0.3 is 15.6 Å². The van der Waals surface area contributed by atoms with Crippen molar-refractivity contribution in [1.29, 1.82) is 0 Å². The van der Waals surface area contributed by atoms with E-state index in [4.69, 9.17) is 22.4 Å². The Morgan fingerprint density at radius 1 is 0.333 bits per heavy atom. The molecule has 0 N–H and O–H groups in total. The Morgan fingerprint density at radius 2 is 0.489 bits per heavy atom. The van der Waals surface area contributed by atoms with E-state index in [1.807, 2.05) is 132 Å². The minimum absolute atomic E-state index is 0.295. The van der Waals surface area contributed by atoms with Gasteiger partial charge in [0.15, 0.2) is 0 Å². The van der Waals surface area contributed by atoms with Crippen LogP contribution < -0.4 is 18.1 Å². The molecular weight excluding hydrogens is 606 g/mol. The van der Waals surface area contributed by atoms with Gasteiger partial charge in [0.05, 0.1) is 0 Å². The van der Waals surface area contributed by atoms with E-state index >= 15 is 0 Å². The van der Waals surface area contributed by atoms with Gasteiger partial charge in [-0.05, 0) is 128 Å². The summed E-state index contributed by atoms with van der Waals surface area (Å²) in [4.78, 5) is 0. The smallest absolute Gasteiger partial charge is 0.394 e. The fourth-order valence-electron chi connectivity index (χ4n) is 5.92. The molecule has 0 aromatic heterocycles. The van der Waals surface area contributed by atoms with E-state index in [9.17, 15) is 9.13 Å². The second-order valence-electron chi connectivity index (χ2n) is 12.3. The molecular formula is C36H44O7P2. The van der Waals surface area contributed by atoms with E-state index in [0.29, 0.717) is 67.5 Å². The maximum atomic E-state index is 15.0. The number of rotatable bonds is 10. The largest absolute Gasteiger partial charge is 0.598 e. The normalized spacial score (nSPS) is 11.8. The Bertz CT molecular complexity index is 1520. The number of phosphoric acid groups is 2. The van der Waals surface area contributed by atoms with Crippen molar-refractivity contribution in [2.45, 2.75) is 83.1 Å². The lowest BCUT2D eigenvalue weighted by Crippen LogP contribution is -2.13. The molecule has 4 aromatic carbocycles. The van der Waals surface area contributed by atoms with E-state index in [1.54, 1.807) is 0 Å². The highest BCUT2D eigenvalue weighted by atomic mass is 31.3. The third kappa shape index (κ3) is 8.02. The molecule has 0 atom stereocenters. The minimum atomic E-state index is -4.79. The Morgan fingerprint density at radius 3 is 0.644 bits per heavy atom. The third-order valence-corrected chi connectivity index (χ3v) is 10.7. The van der Waals surface area contributed by atoms with Crippen LogP contribution >= 0.6 is 15.6 Å². The summed E-state index contributed by atoms with van der Waals surface area (Å²) in [7, 11) is -9.58. The van der Waals surface area contributed by atoms with Crippen molar-refractivity contribution in [2.24, 2.45) is 0 Å². The molecule has 0 amide bonds. The highest BCUT2D eigenvalue weighted by Crippen LogP contribution is 2.66. The van der Waals surface area contributed by atoms with Crippen LogP contribution in [0.1, 0.15) is 66.8 Å². The van der Waals surface area contributed by atoms with Gasteiger partial charge in [-0.1, -0.05) is 70.8 Å². The molecule has 7 nitrogen and oxygen atoms in total. The summed E-state index contributed by atoms with van der Waals surface area (Å²) in [6, 6.07) is 15.2. The zero-order valence-corrected chi connectivity index (χ0v) is 30.2. The summed E-state index contributed by atoms with van der Waals surface area (Å²) in [5.74, 6) is 1.18. The van der Waals surface area contributed by atoms with Crippen LogP contribution in [0, 0.1) is 83.1 Å². The molecule has 4 rings (SSSR count). The van der Waals surface area contributed by atoms with Crippen molar-refractivity contribution in [3.63, 3.8) is 0 Å². The first-order valence-electron chi connectivity index (χ1n) is 14.9. The summed E-state index contributed by atoms with van der Waals surface area (Å²) in [6.07, 6.45) is 0. The van der Waals surface area contributed by atoms with Crippen LogP contribution in [0.3, 0.4) is 0 Å². The van der Waals surface area contributed by atoms with Crippen molar-refractivity contribution < 1.29 is 31.5 Å². The number of hydrogen-bond acceptors (Lipinski definition) is 7. The van der Waals surface area contributed by atoms with Crippen molar-refractivity contribution in [1.82, 2.24) is 0 Å². The number of phosphoric ester groups is 2. The van der Waals surface area contributed by atoms with Gasteiger partial charge in [0.1, 0.15) is 23.0 Å². The van der Waals surface area contributed by atoms with Gasteiger partial charge in [-0.15, -0.1) is 4.31 Å². The summed E-state index contributed by atoms with van der Waals surface area (Å²) >= 11 is 0. The highest BCUT2D eigenvalue weighted by Gasteiger charge is 2.48. The van der Waals surface area contributed by atoms with Gasteiger partial charge in [0.25, 0.3) is 0 Å². The Balaban J connectivity index is 1.92. The predicted molar refractivity (Wildman–Crippen MR) is 181 cm³/mol. The van der Waals surface area contributed by atoms with Gasteiger partial charge in [0, 0.05) is 0 Å². The Hall–Kier alpha value is -3.50. The average molecular weight is 651 g/mol. The lowest BCUT2D eigenvalue weighted by atomic mass is 10.1. The van der Waals surface area contributed by atoms with Crippen LogP contribution in [0.5, 0.6) is 23.0 Å². The molecule has 0 aliphatic rings. The maximum absolute atomic E-state index is 15.0. The van der Waals surface area contributed by atoms with E-state index in [1.165, 1.54) is 0 Å². The average Bonchev–Trinajstić information content (AvgIpc) is 2.88. The summed E-state index contributed by atoms with van der Waals surface area (Å²) in [5.41, 5.74) is 9.73. The van der Waals surface area contributed by atoms with Crippen LogP contribution in [0.25, 0.3) is 0 Å². The second-order valence-corrected chi connectivity index (χ2v) is 15.4. The first-order valence-corrected chi connectivity index (χ1v) is 17.8.